The normalized spacial score (nSPS) is 14.2. The lowest BCUT2D eigenvalue weighted by molar-refractivity contribution is -0.132. The van der Waals surface area contributed by atoms with Crippen LogP contribution < -0.4 is 10.5 Å². The van der Waals surface area contributed by atoms with E-state index in [2.05, 4.69) is 25.2 Å². The van der Waals surface area contributed by atoms with Crippen LogP contribution in [0.3, 0.4) is 0 Å². The second kappa shape index (κ2) is 8.05. The van der Waals surface area contributed by atoms with Crippen molar-refractivity contribution in [2.45, 2.75) is 27.3 Å². The van der Waals surface area contributed by atoms with Gasteiger partial charge in [0.2, 0.25) is 5.91 Å². The number of hydrogen-bond donors (Lipinski definition) is 0. The zero-order valence-electron chi connectivity index (χ0n) is 17.3. The van der Waals surface area contributed by atoms with Gasteiger partial charge in [-0.25, -0.2) is 9.67 Å². The Bertz CT molecular complexity index is 1110. The Morgan fingerprint density at radius 3 is 2.33 bits per heavy atom. The zero-order chi connectivity index (χ0) is 21.3. The summed E-state index contributed by atoms with van der Waals surface area (Å²) < 4.78 is 3.06. The average molecular weight is 408 g/mol. The molecule has 156 valence electrons. The van der Waals surface area contributed by atoms with E-state index in [1.54, 1.807) is 23.4 Å². The maximum atomic E-state index is 12.6. The molecule has 30 heavy (non-hydrogen) atoms. The van der Waals surface area contributed by atoms with E-state index in [1.165, 1.54) is 10.9 Å². The van der Waals surface area contributed by atoms with E-state index in [9.17, 15) is 9.59 Å². The highest BCUT2D eigenvalue weighted by atomic mass is 16.2. The van der Waals surface area contributed by atoms with Crippen LogP contribution in [0.2, 0.25) is 0 Å². The molecular weight excluding hydrogens is 384 g/mol. The van der Waals surface area contributed by atoms with Gasteiger partial charge in [-0.2, -0.15) is 5.10 Å². The van der Waals surface area contributed by atoms with E-state index in [4.69, 9.17) is 0 Å². The van der Waals surface area contributed by atoms with E-state index in [0.29, 0.717) is 43.3 Å². The highest BCUT2D eigenvalue weighted by molar-refractivity contribution is 5.76. The fourth-order valence-corrected chi connectivity index (χ4v) is 3.37. The summed E-state index contributed by atoms with van der Waals surface area (Å²) in [4.78, 5) is 33.0. The van der Waals surface area contributed by atoms with Gasteiger partial charge in [0.1, 0.15) is 6.54 Å². The van der Waals surface area contributed by atoms with Crippen LogP contribution in [-0.2, 0) is 11.3 Å². The molecule has 1 amide bonds. The largest absolute Gasteiger partial charge is 0.352 e. The molecule has 0 N–H and O–H groups in total. The first-order valence-corrected chi connectivity index (χ1v) is 9.84. The van der Waals surface area contributed by atoms with Crippen LogP contribution in [0.25, 0.3) is 5.82 Å². The maximum absolute atomic E-state index is 12.6. The summed E-state index contributed by atoms with van der Waals surface area (Å²) in [6, 6.07) is 5.70. The Labute approximate surface area is 173 Å². The SMILES string of the molecule is Cc1ccn(-c2ccc(N3CCN(C(=O)Cn4cnc(C)c(C)c4=O)CC3)nn2)n1. The molecule has 0 atom stereocenters. The van der Waals surface area contributed by atoms with E-state index in [-0.39, 0.29) is 18.0 Å². The van der Waals surface area contributed by atoms with Crippen LogP contribution >= 0.6 is 0 Å². The Morgan fingerprint density at radius 2 is 1.70 bits per heavy atom. The molecule has 0 saturated carbocycles. The minimum atomic E-state index is -0.169. The molecule has 3 aromatic rings. The second-order valence-electron chi connectivity index (χ2n) is 7.41. The Kier molecular flexibility index (Phi) is 5.30. The van der Waals surface area contributed by atoms with Crippen molar-refractivity contribution in [2.75, 3.05) is 31.1 Å². The third kappa shape index (κ3) is 3.93. The van der Waals surface area contributed by atoms with Crippen LogP contribution in [0.5, 0.6) is 0 Å². The van der Waals surface area contributed by atoms with Gasteiger partial charge in [-0.15, -0.1) is 10.2 Å². The lowest BCUT2D eigenvalue weighted by Crippen LogP contribution is -2.50. The molecule has 0 radical (unpaired) electrons. The summed E-state index contributed by atoms with van der Waals surface area (Å²) in [6.07, 6.45) is 3.29. The minimum absolute atomic E-state index is 0.00471. The monoisotopic (exact) mass is 408 g/mol. The molecule has 4 rings (SSSR count). The zero-order valence-corrected chi connectivity index (χ0v) is 17.3. The van der Waals surface area contributed by atoms with E-state index >= 15 is 0 Å². The molecule has 1 fully saturated rings. The summed E-state index contributed by atoms with van der Waals surface area (Å²) in [5.74, 6) is 1.34. The number of amides is 1. The van der Waals surface area contributed by atoms with Gasteiger partial charge >= 0.3 is 0 Å². The number of aryl methyl sites for hydroxylation is 2. The summed E-state index contributed by atoms with van der Waals surface area (Å²) in [7, 11) is 0. The van der Waals surface area contributed by atoms with Crippen molar-refractivity contribution >= 4 is 11.7 Å². The molecule has 0 bridgehead atoms. The smallest absolute Gasteiger partial charge is 0.256 e. The number of anilines is 1. The molecule has 1 aliphatic rings. The number of carbonyl (C=O) groups is 1. The highest BCUT2D eigenvalue weighted by Crippen LogP contribution is 2.14. The number of hydrogen-bond acceptors (Lipinski definition) is 7. The maximum Gasteiger partial charge on any atom is 0.256 e. The molecule has 10 nitrogen and oxygen atoms in total. The van der Waals surface area contributed by atoms with E-state index in [0.717, 1.165) is 11.5 Å². The van der Waals surface area contributed by atoms with Crippen molar-refractivity contribution in [2.24, 2.45) is 0 Å². The van der Waals surface area contributed by atoms with Crippen molar-refractivity contribution in [1.29, 1.82) is 0 Å². The summed E-state index contributed by atoms with van der Waals surface area (Å²) in [6.45, 7) is 7.87. The first-order chi connectivity index (χ1) is 14.4. The summed E-state index contributed by atoms with van der Waals surface area (Å²) in [5.41, 5.74) is 2.01. The number of nitrogens with zero attached hydrogens (tertiary/aromatic N) is 8. The van der Waals surface area contributed by atoms with Crippen molar-refractivity contribution in [3.05, 3.63) is 58.0 Å². The fraction of sp³-hybridized carbons (Fsp3) is 0.400. The van der Waals surface area contributed by atoms with Gasteiger partial charge in [0.15, 0.2) is 11.6 Å². The van der Waals surface area contributed by atoms with Gasteiger partial charge in [0.25, 0.3) is 5.56 Å². The Hall–Kier alpha value is -3.56. The highest BCUT2D eigenvalue weighted by Gasteiger charge is 2.23. The van der Waals surface area contributed by atoms with Crippen LogP contribution in [0.15, 0.2) is 35.5 Å². The van der Waals surface area contributed by atoms with Crippen molar-refractivity contribution < 1.29 is 4.79 Å². The van der Waals surface area contributed by atoms with Gasteiger partial charge in [-0.3, -0.25) is 14.2 Å². The van der Waals surface area contributed by atoms with Gasteiger partial charge in [0, 0.05) is 43.6 Å². The lowest BCUT2D eigenvalue weighted by Gasteiger charge is -2.35. The minimum Gasteiger partial charge on any atom is -0.352 e. The topological polar surface area (TPSA) is 102 Å². The van der Waals surface area contributed by atoms with Crippen molar-refractivity contribution in [3.63, 3.8) is 0 Å². The van der Waals surface area contributed by atoms with Crippen LogP contribution in [-0.4, -0.2) is 66.5 Å². The fourth-order valence-electron chi connectivity index (χ4n) is 3.37. The first kappa shape index (κ1) is 19.7. The van der Waals surface area contributed by atoms with Crippen molar-refractivity contribution in [1.82, 2.24) is 34.4 Å². The molecule has 3 aromatic heterocycles. The van der Waals surface area contributed by atoms with Gasteiger partial charge in [-0.05, 0) is 39.0 Å². The number of carbonyl (C=O) groups excluding carboxylic acids is 1. The standard InChI is InChI=1S/C20H24N8O2/c1-14-6-7-28(24-14)18-5-4-17(22-23-18)25-8-10-26(11-9-25)19(29)12-27-13-21-16(3)15(2)20(27)30/h4-7,13H,8-12H2,1-3H3. The third-order valence-corrected chi connectivity index (χ3v) is 5.37. The number of aromatic nitrogens is 6. The van der Waals surface area contributed by atoms with Gasteiger partial charge in [0.05, 0.1) is 12.0 Å². The second-order valence-corrected chi connectivity index (χ2v) is 7.41. The van der Waals surface area contributed by atoms with E-state index in [1.807, 2.05) is 31.3 Å². The quantitative estimate of drug-likeness (QED) is 0.619. The summed E-state index contributed by atoms with van der Waals surface area (Å²) >= 11 is 0. The predicted octanol–water partition coefficient (Wildman–Crippen LogP) is 0.493. The van der Waals surface area contributed by atoms with E-state index < -0.39 is 0 Å². The van der Waals surface area contributed by atoms with Crippen LogP contribution in [0.1, 0.15) is 17.0 Å². The third-order valence-electron chi connectivity index (χ3n) is 5.37. The average Bonchev–Trinajstić information content (AvgIpc) is 3.20. The molecule has 1 aliphatic heterocycles. The molecule has 0 aromatic carbocycles. The van der Waals surface area contributed by atoms with Crippen LogP contribution in [0, 0.1) is 20.8 Å². The van der Waals surface area contributed by atoms with Crippen molar-refractivity contribution in [3.8, 4) is 5.82 Å². The molecule has 1 saturated heterocycles. The summed E-state index contributed by atoms with van der Waals surface area (Å²) in [5, 5.41) is 12.9. The Balaban J connectivity index is 1.36. The Morgan fingerprint density at radius 1 is 1.00 bits per heavy atom. The first-order valence-electron chi connectivity index (χ1n) is 9.84. The van der Waals surface area contributed by atoms with Gasteiger partial charge < -0.3 is 9.80 Å². The lowest BCUT2D eigenvalue weighted by atomic mass is 10.2. The predicted molar refractivity (Wildman–Crippen MR) is 111 cm³/mol. The molecular formula is C20H24N8O2. The molecule has 0 aliphatic carbocycles. The molecule has 0 spiro atoms. The number of rotatable bonds is 4. The molecule has 0 unspecified atom stereocenters. The number of piperazine rings is 1. The van der Waals surface area contributed by atoms with Gasteiger partial charge in [-0.1, -0.05) is 0 Å². The molecule has 10 heteroatoms. The van der Waals surface area contributed by atoms with Crippen LogP contribution in [0.4, 0.5) is 5.82 Å². The molecule has 4 heterocycles.